The molecule has 3 heteroatoms. The molecule has 1 aliphatic rings. The summed E-state index contributed by atoms with van der Waals surface area (Å²) in [5, 5.41) is 3.30. The van der Waals surface area contributed by atoms with Crippen molar-refractivity contribution in [3.8, 4) is 0 Å². The van der Waals surface area contributed by atoms with Gasteiger partial charge in [0.15, 0.2) is 5.78 Å². The van der Waals surface area contributed by atoms with Gasteiger partial charge in [0.05, 0.1) is 6.54 Å². The van der Waals surface area contributed by atoms with Crippen LogP contribution in [-0.2, 0) is 6.54 Å². The van der Waals surface area contributed by atoms with Crippen molar-refractivity contribution in [1.29, 1.82) is 0 Å². The zero-order chi connectivity index (χ0) is 17.8. The minimum absolute atomic E-state index is 0.197. The quantitative estimate of drug-likeness (QED) is 0.761. The molecule has 0 atom stereocenters. The zero-order valence-electron chi connectivity index (χ0n) is 15.8. The summed E-state index contributed by atoms with van der Waals surface area (Å²) in [6, 6.07) is 11.1. The van der Waals surface area contributed by atoms with Crippen molar-refractivity contribution in [2.24, 2.45) is 0 Å². The standard InChI is InChI=1S/C22H30N2O/c1-16-8-7-9-19(12-16)14-23-15-22(25)21-13-17(2)24(18(21)3)20-10-5-4-6-11-20/h7-9,12-13,20,23H,4-6,10-11,14-15H2,1-3H3. The van der Waals surface area contributed by atoms with Crippen LogP contribution in [0.4, 0.5) is 0 Å². The first kappa shape index (κ1) is 17.9. The lowest BCUT2D eigenvalue weighted by molar-refractivity contribution is 0.0990. The Kier molecular flexibility index (Phi) is 5.74. The average molecular weight is 338 g/mol. The SMILES string of the molecule is Cc1cccc(CNCC(=O)c2cc(C)n(C3CCCCC3)c2C)c1. The summed E-state index contributed by atoms with van der Waals surface area (Å²) in [7, 11) is 0. The highest BCUT2D eigenvalue weighted by molar-refractivity contribution is 5.99. The lowest BCUT2D eigenvalue weighted by atomic mass is 9.95. The van der Waals surface area contributed by atoms with Crippen LogP contribution in [0.1, 0.15) is 71.0 Å². The van der Waals surface area contributed by atoms with Crippen LogP contribution in [0, 0.1) is 20.8 Å². The van der Waals surface area contributed by atoms with E-state index in [1.807, 2.05) is 0 Å². The smallest absolute Gasteiger partial charge is 0.178 e. The van der Waals surface area contributed by atoms with Gasteiger partial charge in [0.2, 0.25) is 0 Å². The molecule has 1 aliphatic carbocycles. The number of hydrogen-bond acceptors (Lipinski definition) is 2. The molecule has 1 heterocycles. The maximum Gasteiger partial charge on any atom is 0.178 e. The number of ketones is 1. The van der Waals surface area contributed by atoms with Crippen molar-refractivity contribution in [3.05, 3.63) is 58.4 Å². The molecule has 134 valence electrons. The van der Waals surface area contributed by atoms with E-state index in [9.17, 15) is 4.79 Å². The molecule has 1 saturated carbocycles. The van der Waals surface area contributed by atoms with E-state index in [0.29, 0.717) is 12.6 Å². The van der Waals surface area contributed by atoms with Crippen molar-refractivity contribution in [2.75, 3.05) is 6.54 Å². The van der Waals surface area contributed by atoms with Crippen molar-refractivity contribution >= 4 is 5.78 Å². The summed E-state index contributed by atoms with van der Waals surface area (Å²) in [4.78, 5) is 12.7. The van der Waals surface area contributed by atoms with Gasteiger partial charge in [-0.1, -0.05) is 49.1 Å². The highest BCUT2D eigenvalue weighted by atomic mass is 16.1. The molecule has 1 fully saturated rings. The Morgan fingerprint density at radius 1 is 1.12 bits per heavy atom. The minimum Gasteiger partial charge on any atom is -0.345 e. The van der Waals surface area contributed by atoms with Gasteiger partial charge >= 0.3 is 0 Å². The van der Waals surface area contributed by atoms with E-state index in [0.717, 1.165) is 17.8 Å². The summed E-state index contributed by atoms with van der Waals surface area (Å²) in [6.07, 6.45) is 6.46. The highest BCUT2D eigenvalue weighted by Gasteiger charge is 2.22. The number of carbonyl (C=O) groups is 1. The van der Waals surface area contributed by atoms with E-state index in [2.05, 4.69) is 61.0 Å². The molecule has 2 aromatic rings. The maximum atomic E-state index is 12.7. The third-order valence-corrected chi connectivity index (χ3v) is 5.42. The number of hydrogen-bond donors (Lipinski definition) is 1. The first-order valence-corrected chi connectivity index (χ1v) is 9.54. The van der Waals surface area contributed by atoms with Gasteiger partial charge in [-0.3, -0.25) is 4.79 Å². The largest absolute Gasteiger partial charge is 0.345 e. The molecule has 0 saturated heterocycles. The Hall–Kier alpha value is -1.87. The third-order valence-electron chi connectivity index (χ3n) is 5.42. The second-order valence-corrected chi connectivity index (χ2v) is 7.46. The molecule has 1 N–H and O–H groups in total. The molecule has 0 spiro atoms. The van der Waals surface area contributed by atoms with Gasteiger partial charge < -0.3 is 9.88 Å². The van der Waals surface area contributed by atoms with Crippen LogP contribution in [0.25, 0.3) is 0 Å². The highest BCUT2D eigenvalue weighted by Crippen LogP contribution is 2.32. The molecule has 0 radical (unpaired) electrons. The van der Waals surface area contributed by atoms with Gasteiger partial charge in [0.1, 0.15) is 0 Å². The van der Waals surface area contributed by atoms with Crippen molar-refractivity contribution in [1.82, 2.24) is 9.88 Å². The number of Topliss-reactive ketones (excluding diaryl/α,β-unsaturated/α-hetero) is 1. The van der Waals surface area contributed by atoms with Crippen molar-refractivity contribution in [2.45, 2.75) is 65.5 Å². The summed E-state index contributed by atoms with van der Waals surface area (Å²) in [5.74, 6) is 0.197. The Morgan fingerprint density at radius 3 is 2.60 bits per heavy atom. The normalized spacial score (nSPS) is 15.5. The fraction of sp³-hybridized carbons (Fsp3) is 0.500. The molecule has 0 bridgehead atoms. The molecule has 3 nitrogen and oxygen atoms in total. The number of aromatic nitrogens is 1. The molecule has 3 rings (SSSR count). The topological polar surface area (TPSA) is 34.0 Å². The van der Waals surface area contributed by atoms with Gasteiger partial charge in [-0.15, -0.1) is 0 Å². The van der Waals surface area contributed by atoms with Crippen LogP contribution in [-0.4, -0.2) is 16.9 Å². The van der Waals surface area contributed by atoms with E-state index in [-0.39, 0.29) is 5.78 Å². The van der Waals surface area contributed by atoms with E-state index in [1.54, 1.807) is 0 Å². The Balaban J connectivity index is 1.64. The molecular formula is C22H30N2O. The average Bonchev–Trinajstić information content (AvgIpc) is 2.90. The van der Waals surface area contributed by atoms with Gasteiger partial charge in [-0.25, -0.2) is 0 Å². The zero-order valence-corrected chi connectivity index (χ0v) is 15.8. The van der Waals surface area contributed by atoms with E-state index < -0.39 is 0 Å². The lowest BCUT2D eigenvalue weighted by Crippen LogP contribution is -2.23. The van der Waals surface area contributed by atoms with Gasteiger partial charge in [-0.05, 0) is 45.2 Å². The second kappa shape index (κ2) is 8.01. The monoisotopic (exact) mass is 338 g/mol. The molecular weight excluding hydrogens is 308 g/mol. The van der Waals surface area contributed by atoms with Crippen LogP contribution in [0.15, 0.2) is 30.3 Å². The second-order valence-electron chi connectivity index (χ2n) is 7.46. The van der Waals surface area contributed by atoms with Gasteiger partial charge in [0, 0.05) is 29.5 Å². The number of nitrogens with one attached hydrogen (secondary N) is 1. The number of benzene rings is 1. The summed E-state index contributed by atoms with van der Waals surface area (Å²) in [6.45, 7) is 7.46. The predicted molar refractivity (Wildman–Crippen MR) is 103 cm³/mol. The van der Waals surface area contributed by atoms with Crippen LogP contribution in [0.3, 0.4) is 0 Å². The number of aryl methyl sites for hydroxylation is 2. The van der Waals surface area contributed by atoms with E-state index in [4.69, 9.17) is 0 Å². The van der Waals surface area contributed by atoms with Crippen LogP contribution in [0.2, 0.25) is 0 Å². The molecule has 1 aromatic carbocycles. The van der Waals surface area contributed by atoms with Crippen LogP contribution < -0.4 is 5.32 Å². The third kappa shape index (κ3) is 4.21. The van der Waals surface area contributed by atoms with Crippen molar-refractivity contribution in [3.63, 3.8) is 0 Å². The Morgan fingerprint density at radius 2 is 1.88 bits per heavy atom. The van der Waals surface area contributed by atoms with Gasteiger partial charge in [0.25, 0.3) is 0 Å². The first-order valence-electron chi connectivity index (χ1n) is 9.54. The minimum atomic E-state index is 0.197. The Bertz CT molecular complexity index is 738. The summed E-state index contributed by atoms with van der Waals surface area (Å²) < 4.78 is 2.41. The summed E-state index contributed by atoms with van der Waals surface area (Å²) >= 11 is 0. The summed E-state index contributed by atoms with van der Waals surface area (Å²) in [5.41, 5.74) is 5.74. The van der Waals surface area contributed by atoms with Crippen LogP contribution in [0.5, 0.6) is 0 Å². The van der Waals surface area contributed by atoms with Crippen molar-refractivity contribution < 1.29 is 4.79 Å². The fourth-order valence-electron chi connectivity index (χ4n) is 4.20. The number of rotatable bonds is 6. The molecule has 0 unspecified atom stereocenters. The van der Waals surface area contributed by atoms with Gasteiger partial charge in [-0.2, -0.15) is 0 Å². The lowest BCUT2D eigenvalue weighted by Gasteiger charge is -2.26. The first-order chi connectivity index (χ1) is 12.1. The maximum absolute atomic E-state index is 12.7. The molecule has 25 heavy (non-hydrogen) atoms. The number of carbonyl (C=O) groups excluding carboxylic acids is 1. The van der Waals surface area contributed by atoms with E-state index >= 15 is 0 Å². The van der Waals surface area contributed by atoms with Crippen LogP contribution >= 0.6 is 0 Å². The van der Waals surface area contributed by atoms with E-state index in [1.165, 1.54) is 48.9 Å². The fourth-order valence-corrected chi connectivity index (χ4v) is 4.20. The number of nitrogens with zero attached hydrogens (tertiary/aromatic N) is 1. The molecule has 0 aliphatic heterocycles. The Labute approximate surface area is 151 Å². The molecule has 1 aromatic heterocycles. The molecule has 0 amide bonds. The predicted octanol–water partition coefficient (Wildman–Crippen LogP) is 4.89.